The number of rotatable bonds is 12. The highest BCUT2D eigenvalue weighted by atomic mass is 32.2. The van der Waals surface area contributed by atoms with E-state index in [4.69, 9.17) is 9.15 Å². The molecule has 0 bridgehead atoms. The predicted octanol–water partition coefficient (Wildman–Crippen LogP) is 1.87. The van der Waals surface area contributed by atoms with Crippen molar-refractivity contribution in [3.05, 3.63) is 17.9 Å². The van der Waals surface area contributed by atoms with Gasteiger partial charge in [0.15, 0.2) is 0 Å². The zero-order valence-corrected chi connectivity index (χ0v) is 13.7. The number of unbranched alkanes of at least 4 members (excludes halogenated alkanes) is 2. The van der Waals surface area contributed by atoms with E-state index in [1.165, 1.54) is 6.07 Å². The van der Waals surface area contributed by atoms with E-state index < -0.39 is 10.0 Å². The van der Waals surface area contributed by atoms with E-state index in [1.807, 2.05) is 0 Å². The summed E-state index contributed by atoms with van der Waals surface area (Å²) in [7, 11) is -1.88. The Labute approximate surface area is 127 Å². The second kappa shape index (κ2) is 9.94. The van der Waals surface area contributed by atoms with E-state index >= 15 is 0 Å². The average Bonchev–Trinajstić information content (AvgIpc) is 2.93. The van der Waals surface area contributed by atoms with Gasteiger partial charge in [-0.2, -0.15) is 0 Å². The van der Waals surface area contributed by atoms with Gasteiger partial charge in [0.05, 0.1) is 6.54 Å². The first-order valence-corrected chi connectivity index (χ1v) is 8.86. The van der Waals surface area contributed by atoms with Gasteiger partial charge in [-0.05, 0) is 44.4 Å². The first kappa shape index (κ1) is 18.2. The molecule has 0 aliphatic heterocycles. The lowest BCUT2D eigenvalue weighted by Gasteiger charge is -2.04. The Morgan fingerprint density at radius 1 is 1.19 bits per heavy atom. The summed E-state index contributed by atoms with van der Waals surface area (Å²) in [5, 5.41) is 3.15. The summed E-state index contributed by atoms with van der Waals surface area (Å²) in [6, 6.07) is 3.19. The van der Waals surface area contributed by atoms with Crippen LogP contribution in [0, 0.1) is 0 Å². The number of nitrogens with one attached hydrogen (secondary N) is 2. The maximum absolute atomic E-state index is 12.0. The Balaban J connectivity index is 2.36. The van der Waals surface area contributed by atoms with Gasteiger partial charge in [-0.15, -0.1) is 0 Å². The van der Waals surface area contributed by atoms with E-state index in [1.54, 1.807) is 13.2 Å². The van der Waals surface area contributed by atoms with Crippen molar-refractivity contribution in [2.45, 2.75) is 44.2 Å². The molecule has 0 aliphatic carbocycles. The maximum Gasteiger partial charge on any atom is 0.273 e. The molecule has 0 fully saturated rings. The van der Waals surface area contributed by atoms with Crippen LogP contribution >= 0.6 is 0 Å². The third-order valence-electron chi connectivity index (χ3n) is 2.95. The molecule has 7 heteroatoms. The van der Waals surface area contributed by atoms with Crippen molar-refractivity contribution in [3.8, 4) is 0 Å². The van der Waals surface area contributed by atoms with Gasteiger partial charge in [-0.1, -0.05) is 6.92 Å². The van der Waals surface area contributed by atoms with Gasteiger partial charge in [-0.25, -0.2) is 13.1 Å². The van der Waals surface area contributed by atoms with Crippen molar-refractivity contribution in [3.63, 3.8) is 0 Å². The quantitative estimate of drug-likeness (QED) is 0.575. The zero-order chi connectivity index (χ0) is 15.6. The molecular formula is C14H26N2O4S. The Hall–Kier alpha value is -0.890. The molecular weight excluding hydrogens is 292 g/mol. The Kier molecular flexibility index (Phi) is 8.60. The van der Waals surface area contributed by atoms with Crippen molar-refractivity contribution in [1.29, 1.82) is 0 Å². The highest BCUT2D eigenvalue weighted by Gasteiger charge is 2.17. The van der Waals surface area contributed by atoms with Gasteiger partial charge < -0.3 is 14.5 Å². The SMILES string of the molecule is CCCNCc1ccc(S(=O)(=O)NCCCCCOC)o1. The summed E-state index contributed by atoms with van der Waals surface area (Å²) in [5.74, 6) is 0.629. The molecule has 0 amide bonds. The molecule has 21 heavy (non-hydrogen) atoms. The van der Waals surface area contributed by atoms with Gasteiger partial charge in [0.1, 0.15) is 5.76 Å². The highest BCUT2D eigenvalue weighted by molar-refractivity contribution is 7.89. The first-order valence-electron chi connectivity index (χ1n) is 7.38. The lowest BCUT2D eigenvalue weighted by atomic mass is 10.2. The second-order valence-electron chi connectivity index (χ2n) is 4.85. The van der Waals surface area contributed by atoms with Gasteiger partial charge in [0.25, 0.3) is 10.0 Å². The van der Waals surface area contributed by atoms with Crippen LogP contribution in [0.1, 0.15) is 38.4 Å². The molecule has 0 saturated heterocycles. The van der Waals surface area contributed by atoms with Crippen molar-refractivity contribution in [2.75, 3.05) is 26.8 Å². The van der Waals surface area contributed by atoms with Crippen LogP contribution in [0.15, 0.2) is 21.6 Å². The molecule has 2 N–H and O–H groups in total. The Bertz CT molecular complexity index is 485. The number of methoxy groups -OCH3 is 1. The smallest absolute Gasteiger partial charge is 0.273 e. The van der Waals surface area contributed by atoms with Crippen LogP contribution in [0.3, 0.4) is 0 Å². The topological polar surface area (TPSA) is 80.6 Å². The molecule has 1 rings (SSSR count). The van der Waals surface area contributed by atoms with E-state index in [9.17, 15) is 8.42 Å². The summed E-state index contributed by atoms with van der Waals surface area (Å²) in [6.07, 6.45) is 3.68. The van der Waals surface area contributed by atoms with Crippen molar-refractivity contribution in [2.24, 2.45) is 0 Å². The van der Waals surface area contributed by atoms with Gasteiger partial charge in [0, 0.05) is 20.3 Å². The summed E-state index contributed by atoms with van der Waals surface area (Å²) in [5.41, 5.74) is 0. The normalized spacial score (nSPS) is 11.9. The maximum atomic E-state index is 12.0. The largest absolute Gasteiger partial charge is 0.447 e. The standard InChI is InChI=1S/C14H26N2O4S/c1-3-9-15-12-13-7-8-14(20-13)21(17,18)16-10-5-4-6-11-19-2/h7-8,15-16H,3-6,9-12H2,1-2H3. The van der Waals surface area contributed by atoms with Crippen LogP contribution in [0.4, 0.5) is 0 Å². The Morgan fingerprint density at radius 3 is 2.71 bits per heavy atom. The molecule has 0 aromatic carbocycles. The molecule has 0 atom stereocenters. The minimum Gasteiger partial charge on any atom is -0.447 e. The Morgan fingerprint density at radius 2 is 2.00 bits per heavy atom. The van der Waals surface area contributed by atoms with Gasteiger partial charge >= 0.3 is 0 Å². The summed E-state index contributed by atoms with van der Waals surface area (Å²) < 4.78 is 36.9. The number of sulfonamides is 1. The fourth-order valence-electron chi connectivity index (χ4n) is 1.81. The van der Waals surface area contributed by atoms with Crippen LogP contribution in [-0.2, 0) is 21.3 Å². The van der Waals surface area contributed by atoms with Crippen LogP contribution < -0.4 is 10.0 Å². The summed E-state index contributed by atoms with van der Waals surface area (Å²) in [4.78, 5) is 0. The molecule has 1 aromatic heterocycles. The number of hydrogen-bond donors (Lipinski definition) is 2. The highest BCUT2D eigenvalue weighted by Crippen LogP contribution is 2.13. The second-order valence-corrected chi connectivity index (χ2v) is 6.55. The molecule has 0 saturated carbocycles. The molecule has 122 valence electrons. The number of ether oxygens (including phenoxy) is 1. The van der Waals surface area contributed by atoms with Crippen molar-refractivity contribution in [1.82, 2.24) is 10.0 Å². The van der Waals surface area contributed by atoms with E-state index in [-0.39, 0.29) is 5.09 Å². The van der Waals surface area contributed by atoms with E-state index in [0.29, 0.717) is 25.5 Å². The molecule has 0 radical (unpaired) electrons. The third-order valence-corrected chi connectivity index (χ3v) is 4.28. The lowest BCUT2D eigenvalue weighted by Crippen LogP contribution is -2.24. The molecule has 0 aliphatic rings. The van der Waals surface area contributed by atoms with Crippen LogP contribution in [0.25, 0.3) is 0 Å². The zero-order valence-electron chi connectivity index (χ0n) is 12.9. The first-order chi connectivity index (χ1) is 10.1. The lowest BCUT2D eigenvalue weighted by molar-refractivity contribution is 0.192. The number of furan rings is 1. The van der Waals surface area contributed by atoms with Crippen LogP contribution in [0.2, 0.25) is 0 Å². The van der Waals surface area contributed by atoms with Crippen LogP contribution in [-0.4, -0.2) is 35.2 Å². The summed E-state index contributed by atoms with van der Waals surface area (Å²) in [6.45, 7) is 4.61. The molecule has 1 aromatic rings. The van der Waals surface area contributed by atoms with Crippen molar-refractivity contribution >= 4 is 10.0 Å². The van der Waals surface area contributed by atoms with Gasteiger partial charge in [-0.3, -0.25) is 0 Å². The monoisotopic (exact) mass is 318 g/mol. The molecule has 0 spiro atoms. The fraction of sp³-hybridized carbons (Fsp3) is 0.714. The average molecular weight is 318 g/mol. The van der Waals surface area contributed by atoms with E-state index in [2.05, 4.69) is 17.0 Å². The van der Waals surface area contributed by atoms with Crippen molar-refractivity contribution < 1.29 is 17.6 Å². The fourth-order valence-corrected chi connectivity index (χ4v) is 2.83. The van der Waals surface area contributed by atoms with Crippen LogP contribution in [0.5, 0.6) is 0 Å². The predicted molar refractivity (Wildman–Crippen MR) is 81.6 cm³/mol. The number of hydrogen-bond acceptors (Lipinski definition) is 5. The molecule has 0 unspecified atom stereocenters. The van der Waals surface area contributed by atoms with E-state index in [0.717, 1.165) is 32.2 Å². The minimum atomic E-state index is -3.54. The summed E-state index contributed by atoms with van der Waals surface area (Å²) >= 11 is 0. The molecule has 1 heterocycles. The minimum absolute atomic E-state index is 0.0207. The molecule has 6 nitrogen and oxygen atoms in total. The third kappa shape index (κ3) is 7.08. The van der Waals surface area contributed by atoms with Gasteiger partial charge in [0.2, 0.25) is 5.09 Å².